The minimum atomic E-state index is -0.958. The molecule has 0 aromatic rings. The Kier molecular flexibility index (Phi) is 4.56. The van der Waals surface area contributed by atoms with Crippen molar-refractivity contribution >= 4 is 11.8 Å². The predicted molar refractivity (Wildman–Crippen MR) is 52.0 cm³/mol. The molecule has 0 heterocycles. The van der Waals surface area contributed by atoms with Crippen molar-refractivity contribution in [1.29, 1.82) is 0 Å². The minimum Gasteiger partial charge on any atom is -0.395 e. The molecule has 0 aromatic heterocycles. The second-order valence-electron chi connectivity index (χ2n) is 3.71. The highest BCUT2D eigenvalue weighted by Crippen LogP contribution is 2.19. The molecule has 0 aliphatic rings. The van der Waals surface area contributed by atoms with Gasteiger partial charge >= 0.3 is 0 Å². The van der Waals surface area contributed by atoms with E-state index in [1.165, 1.54) is 11.3 Å². The van der Waals surface area contributed by atoms with Crippen LogP contribution in [0.4, 0.5) is 0 Å². The Morgan fingerprint density at radius 1 is 1.50 bits per heavy atom. The molecule has 0 unspecified atom stereocenters. The zero-order valence-electron chi connectivity index (χ0n) is 8.78. The van der Waals surface area contributed by atoms with E-state index in [0.717, 1.165) is 0 Å². The highest BCUT2D eigenvalue weighted by Gasteiger charge is 2.29. The number of carbonyl (C=O) groups is 2. The van der Waals surface area contributed by atoms with Crippen LogP contribution in [-0.2, 0) is 9.59 Å². The molecule has 0 aliphatic heterocycles. The number of amides is 2. The van der Waals surface area contributed by atoms with Gasteiger partial charge in [0, 0.05) is 13.6 Å². The summed E-state index contributed by atoms with van der Waals surface area (Å²) in [6.45, 7) is 3.28. The van der Waals surface area contributed by atoms with Gasteiger partial charge in [-0.25, -0.2) is 0 Å². The van der Waals surface area contributed by atoms with Crippen molar-refractivity contribution in [3.05, 3.63) is 6.42 Å². The van der Waals surface area contributed by atoms with E-state index in [0.29, 0.717) is 0 Å². The Morgan fingerprint density at radius 3 is 2.36 bits per heavy atom. The van der Waals surface area contributed by atoms with Gasteiger partial charge in [0.15, 0.2) is 0 Å². The van der Waals surface area contributed by atoms with Crippen LogP contribution in [0.5, 0.6) is 0 Å². The molecule has 81 valence electrons. The number of aliphatic hydroxyl groups is 1. The van der Waals surface area contributed by atoms with E-state index >= 15 is 0 Å². The van der Waals surface area contributed by atoms with Gasteiger partial charge in [-0.2, -0.15) is 0 Å². The monoisotopic (exact) mass is 201 g/mol. The smallest absolute Gasteiger partial charge is 0.227 e. The molecule has 0 rings (SSSR count). The Hall–Kier alpha value is -1.10. The second kappa shape index (κ2) is 4.95. The van der Waals surface area contributed by atoms with Gasteiger partial charge in [-0.15, -0.1) is 0 Å². The number of likely N-dealkylation sites (N-methyl/N-ethyl adjacent to an activating group) is 1. The Morgan fingerprint density at radius 2 is 2.00 bits per heavy atom. The van der Waals surface area contributed by atoms with Crippen LogP contribution in [0.15, 0.2) is 0 Å². The number of nitrogens with two attached hydrogens (primary N) is 1. The first-order chi connectivity index (χ1) is 6.31. The molecule has 1 radical (unpaired) electrons. The summed E-state index contributed by atoms with van der Waals surface area (Å²) in [4.78, 5) is 23.6. The van der Waals surface area contributed by atoms with Crippen molar-refractivity contribution in [2.24, 2.45) is 11.1 Å². The molecular weight excluding hydrogens is 184 g/mol. The molecule has 5 heteroatoms. The summed E-state index contributed by atoms with van der Waals surface area (Å²) in [6, 6.07) is 0. The maximum absolute atomic E-state index is 11.4. The lowest BCUT2D eigenvalue weighted by molar-refractivity contribution is -0.132. The lowest BCUT2D eigenvalue weighted by atomic mass is 9.88. The lowest BCUT2D eigenvalue weighted by Gasteiger charge is -2.23. The first-order valence-electron chi connectivity index (χ1n) is 4.33. The second-order valence-corrected chi connectivity index (χ2v) is 3.71. The van der Waals surface area contributed by atoms with Crippen molar-refractivity contribution in [3.63, 3.8) is 0 Å². The molecule has 0 saturated heterocycles. The van der Waals surface area contributed by atoms with E-state index in [-0.39, 0.29) is 19.1 Å². The van der Waals surface area contributed by atoms with Gasteiger partial charge in [-0.1, -0.05) is 13.8 Å². The zero-order valence-corrected chi connectivity index (χ0v) is 8.78. The van der Waals surface area contributed by atoms with Crippen LogP contribution in [-0.4, -0.2) is 42.0 Å². The molecule has 0 spiro atoms. The van der Waals surface area contributed by atoms with Crippen molar-refractivity contribution in [1.82, 2.24) is 4.90 Å². The van der Waals surface area contributed by atoms with Gasteiger partial charge in [0.1, 0.15) is 0 Å². The molecule has 3 N–H and O–H groups in total. The first-order valence-corrected chi connectivity index (χ1v) is 4.33. The third-order valence-electron chi connectivity index (χ3n) is 1.93. The number of carbonyl (C=O) groups excluding carboxylic acids is 2. The summed E-state index contributed by atoms with van der Waals surface area (Å²) in [6.07, 6.45) is 1.25. The van der Waals surface area contributed by atoms with Crippen LogP contribution < -0.4 is 5.73 Å². The predicted octanol–water partition coefficient (Wildman–Crippen LogP) is -0.847. The standard InChI is InChI=1S/C9H17N2O3/c1-9(2,8(10)14)6-7(13)11(3)4-5-12/h6,12H,4-5H2,1-3H3,(H2,10,14). The molecule has 0 saturated carbocycles. The average Bonchev–Trinajstić information content (AvgIpc) is 2.03. The van der Waals surface area contributed by atoms with Crippen molar-refractivity contribution < 1.29 is 14.7 Å². The third-order valence-corrected chi connectivity index (χ3v) is 1.93. The number of hydrogen-bond donors (Lipinski definition) is 2. The van der Waals surface area contributed by atoms with Crippen molar-refractivity contribution in [2.45, 2.75) is 13.8 Å². The van der Waals surface area contributed by atoms with E-state index < -0.39 is 11.3 Å². The molecule has 5 nitrogen and oxygen atoms in total. The van der Waals surface area contributed by atoms with Gasteiger partial charge in [0.25, 0.3) is 0 Å². The molecule has 0 bridgehead atoms. The van der Waals surface area contributed by atoms with Crippen LogP contribution in [0.1, 0.15) is 13.8 Å². The Labute approximate surface area is 83.9 Å². The maximum Gasteiger partial charge on any atom is 0.227 e. The molecular formula is C9H17N2O3. The topological polar surface area (TPSA) is 83.6 Å². The van der Waals surface area contributed by atoms with Crippen molar-refractivity contribution in [3.8, 4) is 0 Å². The zero-order chi connectivity index (χ0) is 11.4. The van der Waals surface area contributed by atoms with E-state index in [1.54, 1.807) is 20.9 Å². The third kappa shape index (κ3) is 3.74. The quantitative estimate of drug-likeness (QED) is 0.608. The summed E-state index contributed by atoms with van der Waals surface area (Å²) < 4.78 is 0. The summed E-state index contributed by atoms with van der Waals surface area (Å²) in [5.41, 5.74) is 4.14. The number of hydrogen-bond acceptors (Lipinski definition) is 3. The van der Waals surface area contributed by atoms with Gasteiger partial charge in [0.2, 0.25) is 11.8 Å². The summed E-state index contributed by atoms with van der Waals surface area (Å²) >= 11 is 0. The fraction of sp³-hybridized carbons (Fsp3) is 0.667. The van der Waals surface area contributed by atoms with Crippen LogP contribution >= 0.6 is 0 Å². The van der Waals surface area contributed by atoms with Crippen LogP contribution in [0.2, 0.25) is 0 Å². The maximum atomic E-state index is 11.4. The molecule has 0 atom stereocenters. The largest absolute Gasteiger partial charge is 0.395 e. The molecule has 14 heavy (non-hydrogen) atoms. The van der Waals surface area contributed by atoms with Gasteiger partial charge in [0.05, 0.1) is 18.4 Å². The lowest BCUT2D eigenvalue weighted by Crippen LogP contribution is -2.39. The van der Waals surface area contributed by atoms with Gasteiger partial charge < -0.3 is 15.7 Å². The van der Waals surface area contributed by atoms with Crippen LogP contribution in [0.25, 0.3) is 0 Å². The van der Waals surface area contributed by atoms with E-state index in [9.17, 15) is 9.59 Å². The number of primary amides is 1. The highest BCUT2D eigenvalue weighted by molar-refractivity contribution is 5.94. The number of rotatable bonds is 5. The van der Waals surface area contributed by atoms with Crippen LogP contribution in [0.3, 0.4) is 0 Å². The molecule has 2 amide bonds. The summed E-state index contributed by atoms with van der Waals surface area (Å²) in [5.74, 6) is -0.869. The highest BCUT2D eigenvalue weighted by atomic mass is 16.3. The van der Waals surface area contributed by atoms with E-state index in [2.05, 4.69) is 0 Å². The fourth-order valence-corrected chi connectivity index (χ4v) is 0.750. The fourth-order valence-electron chi connectivity index (χ4n) is 0.750. The normalized spacial score (nSPS) is 11.1. The van der Waals surface area contributed by atoms with E-state index in [4.69, 9.17) is 10.8 Å². The van der Waals surface area contributed by atoms with E-state index in [1.807, 2.05) is 0 Å². The van der Waals surface area contributed by atoms with Gasteiger partial charge in [-0.05, 0) is 0 Å². The van der Waals surface area contributed by atoms with Crippen molar-refractivity contribution in [2.75, 3.05) is 20.2 Å². The SMILES string of the molecule is CN(CCO)C(=O)[CH]C(C)(C)C(N)=O. The Bertz CT molecular complexity index is 226. The minimum absolute atomic E-state index is 0.104. The number of aliphatic hydroxyl groups excluding tert-OH is 1. The van der Waals surface area contributed by atoms with Crippen LogP contribution in [0, 0.1) is 11.8 Å². The number of nitrogens with zero attached hydrogens (tertiary/aromatic N) is 1. The molecule has 0 fully saturated rings. The average molecular weight is 201 g/mol. The molecule has 0 aromatic carbocycles. The van der Waals surface area contributed by atoms with Gasteiger partial charge in [-0.3, -0.25) is 9.59 Å². The first kappa shape index (κ1) is 12.9. The Balaban J connectivity index is 4.24. The summed E-state index contributed by atoms with van der Waals surface area (Å²) in [7, 11) is 1.55. The summed E-state index contributed by atoms with van der Waals surface area (Å²) in [5, 5.41) is 8.59. The molecule has 0 aliphatic carbocycles.